The molecule has 49 nitrogen and oxygen atoms in total. The second kappa shape index (κ2) is 52.9. The molecule has 816 valence electrons. The number of esters is 4. The van der Waals surface area contributed by atoms with Gasteiger partial charge in [-0.3, -0.25) is 74.6 Å². The average molecular weight is 2250 g/mol. The number of benzene rings is 3. The maximum absolute atomic E-state index is 13.6. The summed E-state index contributed by atoms with van der Waals surface area (Å²) in [6.07, 6.45) is -10.9. The van der Waals surface area contributed by atoms with Crippen molar-refractivity contribution in [3.05, 3.63) is 192 Å². The Hall–Kier alpha value is -8.92. The molecule has 4 aliphatic rings. The van der Waals surface area contributed by atoms with E-state index in [2.05, 4.69) is 40.3 Å². The summed E-state index contributed by atoms with van der Waals surface area (Å²) in [5.74, 6) is -1.83. The van der Waals surface area contributed by atoms with Gasteiger partial charge in [-0.1, -0.05) is 87.1 Å². The number of hydrogen-bond donors (Lipinski definition) is 12. The van der Waals surface area contributed by atoms with E-state index in [-0.39, 0.29) is 70.5 Å². The third kappa shape index (κ3) is 34.8. The van der Waals surface area contributed by atoms with Crippen LogP contribution in [0.2, 0.25) is 0 Å². The SMILES string of the molecule is CC(C)OC(=O)[C@@H](C)NP(=O)(OC[C@H]1O[C@@H](n2ccc(N)nc2=O)[C@](C)(Cl)[C@@H]1O)Oc1ccccc1.CC(C)OC(=O)[C@@H](C)N[P@@](=O)(OC[C@H]1O[C@@H](n2ccc(N)nc2=O)[C@](C)(Cl)[C@@H]1O)Oc1ccccc1.CC(C)OC(=O)[C@@H](C)N[P@](=O)(OCCSC(=O)C(C)(C)C)OC[C@H]1O[C@@H](n2ccc(=O)[nH]c2=O)[C@](C)(Cl)[C@@H]1O.CC(C)OC(=O)[C@@H](C)N[P@](=O)(OC[C@H]1O[C@@H](n2ccc(N)nc2=O)[C@](C)(Cl)[C@@H]1O)Oc1ccccc1. The Labute approximate surface area is 870 Å². The predicted molar refractivity (Wildman–Crippen MR) is 540 cm³/mol. The topological polar surface area (TPSA) is 668 Å². The summed E-state index contributed by atoms with van der Waals surface area (Å²) in [5, 5.41) is 53.4. The maximum atomic E-state index is 13.6. The third-order valence-corrected chi connectivity index (χ3v) is 30.8. The monoisotopic (exact) mass is 2250 g/mol. The number of aromatic amines is 1. The van der Waals surface area contributed by atoms with Gasteiger partial charge in [0.25, 0.3) is 5.56 Å². The first-order valence-electron chi connectivity index (χ1n) is 45.8. The molecule has 0 amide bonds. The van der Waals surface area contributed by atoms with Gasteiger partial charge in [0.2, 0.25) is 0 Å². The van der Waals surface area contributed by atoms with Crippen LogP contribution in [0.15, 0.2) is 164 Å². The molecule has 4 aromatic heterocycles. The second-order valence-electron chi connectivity index (χ2n) is 36.6. The number of ether oxygens (including phenoxy) is 8. The van der Waals surface area contributed by atoms with E-state index in [1.807, 2.05) is 0 Å². The summed E-state index contributed by atoms with van der Waals surface area (Å²) in [4.78, 5) is 129. The van der Waals surface area contributed by atoms with Crippen molar-refractivity contribution >= 4 is 136 Å². The first-order chi connectivity index (χ1) is 68.3. The molecule has 3 aromatic carbocycles. The molecule has 24 atom stereocenters. The highest BCUT2D eigenvalue weighted by molar-refractivity contribution is 8.13. The van der Waals surface area contributed by atoms with Crippen molar-refractivity contribution < 1.29 is 137 Å². The highest BCUT2D eigenvalue weighted by Crippen LogP contribution is 2.54. The molecule has 147 heavy (non-hydrogen) atoms. The molecule has 0 saturated carbocycles. The molecule has 58 heteroatoms. The minimum Gasteiger partial charge on any atom is -0.462 e. The summed E-state index contributed by atoms with van der Waals surface area (Å²) >= 11 is 27.2. The molecule has 4 fully saturated rings. The van der Waals surface area contributed by atoms with Crippen LogP contribution in [0.3, 0.4) is 0 Å². The van der Waals surface area contributed by atoms with Crippen molar-refractivity contribution in [3.63, 3.8) is 0 Å². The van der Waals surface area contributed by atoms with Crippen LogP contribution in [0, 0.1) is 5.41 Å². The van der Waals surface area contributed by atoms with Crippen LogP contribution in [-0.2, 0) is 103 Å². The fourth-order valence-electron chi connectivity index (χ4n) is 13.8. The number of aliphatic hydroxyl groups excluding tert-OH is 4. The second-order valence-corrected chi connectivity index (χ2v) is 47.8. The number of carbonyl (C=O) groups excluding carboxylic acids is 5. The highest BCUT2D eigenvalue weighted by atomic mass is 35.5. The van der Waals surface area contributed by atoms with Crippen molar-refractivity contribution in [2.75, 3.05) is 56.0 Å². The van der Waals surface area contributed by atoms with Gasteiger partial charge in [0.15, 0.2) is 30.0 Å². The molecular weight excluding hydrogens is 2120 g/mol. The minimum atomic E-state index is -4.23. The van der Waals surface area contributed by atoms with Crippen LogP contribution >= 0.6 is 89.2 Å². The first kappa shape index (κ1) is 123. The van der Waals surface area contributed by atoms with Gasteiger partial charge in [0.05, 0.1) is 57.5 Å². The lowest BCUT2D eigenvalue weighted by Gasteiger charge is -2.26. The molecule has 0 spiro atoms. The average Bonchev–Trinajstić information content (AvgIpc) is 1.63. The number of halogens is 4. The highest BCUT2D eigenvalue weighted by Gasteiger charge is 2.59. The number of rotatable bonds is 42. The third-order valence-electron chi connectivity index (χ3n) is 21.2. The van der Waals surface area contributed by atoms with E-state index < -0.39 is 239 Å². The number of H-pyrrole nitrogens is 1. The molecule has 0 aliphatic carbocycles. The van der Waals surface area contributed by atoms with Gasteiger partial charge in [0.1, 0.15) is 127 Å². The number of hydrogen-bond acceptors (Lipinski definition) is 41. The number of alkyl halides is 4. The van der Waals surface area contributed by atoms with Crippen LogP contribution in [0.4, 0.5) is 17.5 Å². The fourth-order valence-corrected chi connectivity index (χ4v) is 21.8. The maximum Gasteiger partial charge on any atom is 0.459 e. The van der Waals surface area contributed by atoms with E-state index in [1.54, 1.807) is 167 Å². The van der Waals surface area contributed by atoms with Gasteiger partial charge >= 0.3 is 77.6 Å². The molecule has 15 N–H and O–H groups in total. The fraction of sp³-hybridized carbons (Fsp3) is 0.562. The number of nitrogens with one attached hydrogen (secondary N) is 5. The summed E-state index contributed by atoms with van der Waals surface area (Å²) in [6, 6.07) is 25.6. The summed E-state index contributed by atoms with van der Waals surface area (Å²) < 4.78 is 147. The van der Waals surface area contributed by atoms with Gasteiger partial charge in [-0.05, 0) is 165 Å². The van der Waals surface area contributed by atoms with Crippen molar-refractivity contribution in [3.8, 4) is 17.2 Å². The largest absolute Gasteiger partial charge is 0.462 e. The number of para-hydroxylation sites is 3. The predicted octanol–water partition coefficient (Wildman–Crippen LogP) is 8.81. The van der Waals surface area contributed by atoms with Gasteiger partial charge in [-0.2, -0.15) is 30.2 Å². The van der Waals surface area contributed by atoms with Crippen LogP contribution in [0.25, 0.3) is 0 Å². The zero-order valence-corrected chi connectivity index (χ0v) is 91.1. The Kier molecular flexibility index (Phi) is 44.4. The molecule has 0 radical (unpaired) electrons. The van der Waals surface area contributed by atoms with E-state index in [0.29, 0.717) is 0 Å². The number of nitrogen functional groups attached to an aromatic ring is 3. The summed E-state index contributed by atoms with van der Waals surface area (Å²) in [5.41, 5.74) is 12.5. The molecule has 7 aromatic rings. The van der Waals surface area contributed by atoms with Gasteiger partial charge in [0, 0.05) is 42.0 Å². The lowest BCUT2D eigenvalue weighted by molar-refractivity contribution is -0.150. The number of nitrogens with zero attached hydrogens (tertiary/aromatic N) is 7. The number of nitrogens with two attached hydrogens (primary N) is 3. The number of anilines is 3. The molecule has 8 heterocycles. The van der Waals surface area contributed by atoms with Gasteiger partial charge in [-0.15, -0.1) is 46.4 Å². The Morgan fingerprint density at radius 1 is 0.408 bits per heavy atom. The van der Waals surface area contributed by atoms with Crippen LogP contribution in [-0.4, -0.2) is 243 Å². The molecule has 0 bridgehead atoms. The Morgan fingerprint density at radius 2 is 0.653 bits per heavy atom. The molecular formula is C89H127Cl4N15O34P4S. The summed E-state index contributed by atoms with van der Waals surface area (Å²) in [6.45, 7) is 28.3. The molecule has 4 saturated heterocycles. The van der Waals surface area contributed by atoms with E-state index in [1.165, 1.54) is 98.4 Å². The zero-order valence-electron chi connectivity index (χ0n) is 83.7. The van der Waals surface area contributed by atoms with E-state index in [4.69, 9.17) is 138 Å². The first-order valence-corrected chi connectivity index (χ1v) is 54.4. The standard InChI is InChI=1S/C23H37ClN3O10PS.3C22H30ClN4O8P/c1-13(2)36-18(30)14(3)26-38(33,34-10-11-39-20(31)22(4,5)6)35-12-15-17(29)23(7,24)19(37-15)27-9-8-16(28)25-21(27)32;3*1-13(2)33-19(29)14(3)26-36(31,35-15-8-6-5-7-9-15)32-12-16-18(28)22(4,23)20(34-16)27-11-10-17(24)25-21(27)30/h8-9,13-15,17,19,29H,10-12H2,1-7H3,(H,26,33)(H,25,28,32);3*5-11,13-14,16,18,20,28H,12H2,1-4H3,(H,26,31)(H2,24,25,30)/t14-,15-,17-,19-,23-,38+;14-,16-,18-,20-,22-,36?;14-,16-,18-,20-,22-,36+;14-,16-,18-,20-,22-,36-/m1111/s1. The quantitative estimate of drug-likeness (QED) is 0.00558. The van der Waals surface area contributed by atoms with Crippen molar-refractivity contribution in [2.45, 2.75) is 273 Å². The van der Waals surface area contributed by atoms with Crippen molar-refractivity contribution in [1.29, 1.82) is 0 Å². The lowest BCUT2D eigenvalue weighted by Crippen LogP contribution is -2.43. The molecule has 4 aliphatic heterocycles. The van der Waals surface area contributed by atoms with Gasteiger partial charge < -0.3 is 89.1 Å². The Balaban J connectivity index is 0.000000239. The van der Waals surface area contributed by atoms with Crippen LogP contribution < -0.4 is 79.4 Å². The summed E-state index contributed by atoms with van der Waals surface area (Å²) in [7, 11) is -16.8. The van der Waals surface area contributed by atoms with E-state index in [9.17, 15) is 86.6 Å². The normalized spacial score (nSPS) is 26.2. The van der Waals surface area contributed by atoms with Crippen LogP contribution in [0.5, 0.6) is 17.2 Å². The number of aliphatic hydroxyl groups is 4. The van der Waals surface area contributed by atoms with Crippen LogP contribution in [0.1, 0.15) is 156 Å². The van der Waals surface area contributed by atoms with E-state index >= 15 is 0 Å². The Bertz CT molecular complexity index is 5690. The molecule has 11 rings (SSSR count). The Morgan fingerprint density at radius 3 is 0.898 bits per heavy atom. The minimum absolute atomic E-state index is 0.0149. The van der Waals surface area contributed by atoms with E-state index in [0.717, 1.165) is 36.1 Å². The number of carbonyl (C=O) groups is 5. The number of aromatic nitrogens is 8. The number of thioether (sulfide) groups is 1. The lowest BCUT2D eigenvalue weighted by atomic mass is 10.00. The van der Waals surface area contributed by atoms with Crippen molar-refractivity contribution in [2.24, 2.45) is 5.41 Å². The zero-order chi connectivity index (χ0) is 110. The van der Waals surface area contributed by atoms with Gasteiger partial charge in [-0.25, -0.2) is 42.5 Å². The smallest absolute Gasteiger partial charge is 0.459 e. The molecule has 1 unspecified atom stereocenters. The van der Waals surface area contributed by atoms with Crippen molar-refractivity contribution in [1.82, 2.24) is 58.6 Å².